The van der Waals surface area contributed by atoms with Gasteiger partial charge in [-0.05, 0) is 24.1 Å². The average molecular weight is 291 g/mol. The van der Waals surface area contributed by atoms with Gasteiger partial charge in [0.1, 0.15) is 0 Å². The molecule has 2 heterocycles. The Morgan fingerprint density at radius 1 is 1.00 bits per heavy atom. The summed E-state index contributed by atoms with van der Waals surface area (Å²) >= 11 is 0. The summed E-state index contributed by atoms with van der Waals surface area (Å²) in [5.41, 5.74) is 3.91. The van der Waals surface area contributed by atoms with Crippen LogP contribution in [0.3, 0.4) is 0 Å². The highest BCUT2D eigenvalue weighted by Gasteiger charge is 2.38. The molecule has 2 aliphatic heterocycles. The lowest BCUT2D eigenvalue weighted by molar-refractivity contribution is 0.777. The minimum absolute atomic E-state index is 0.244. The second kappa shape index (κ2) is 5.48. The number of unbranched alkanes of at least 4 members (excludes halogenated alkanes) is 1. The maximum atomic E-state index is 5.04. The molecule has 0 saturated carbocycles. The number of para-hydroxylation sites is 2. The molecule has 0 saturated heterocycles. The molecule has 0 unspecified atom stereocenters. The van der Waals surface area contributed by atoms with Crippen LogP contribution in [-0.2, 0) is 0 Å². The Morgan fingerprint density at radius 3 is 2.50 bits per heavy atom. The van der Waals surface area contributed by atoms with Crippen LogP contribution in [0.25, 0.3) is 0 Å². The largest absolute Gasteiger partial charge is 0.310 e. The van der Waals surface area contributed by atoms with Crippen LogP contribution in [0, 0.1) is 0 Å². The van der Waals surface area contributed by atoms with E-state index in [0.29, 0.717) is 0 Å². The molecule has 4 rings (SSSR count). The van der Waals surface area contributed by atoms with Gasteiger partial charge in [-0.3, -0.25) is 0 Å². The number of aliphatic imine (C=N–C) groups is 1. The minimum atomic E-state index is 0.244. The van der Waals surface area contributed by atoms with Gasteiger partial charge in [0.05, 0.1) is 24.0 Å². The van der Waals surface area contributed by atoms with Crippen molar-refractivity contribution in [1.29, 1.82) is 0 Å². The van der Waals surface area contributed by atoms with E-state index in [0.717, 1.165) is 19.0 Å². The van der Waals surface area contributed by atoms with Gasteiger partial charge in [0.25, 0.3) is 0 Å². The van der Waals surface area contributed by atoms with Gasteiger partial charge >= 0.3 is 0 Å². The summed E-state index contributed by atoms with van der Waals surface area (Å²) in [5.74, 6) is 1.13. The van der Waals surface area contributed by atoms with Gasteiger partial charge in [0, 0.05) is 6.54 Å². The van der Waals surface area contributed by atoms with Gasteiger partial charge < -0.3 is 9.80 Å². The van der Waals surface area contributed by atoms with Crippen molar-refractivity contribution in [3.8, 4) is 0 Å². The van der Waals surface area contributed by atoms with Crippen molar-refractivity contribution in [2.45, 2.75) is 25.8 Å². The summed E-state index contributed by atoms with van der Waals surface area (Å²) in [6, 6.07) is 19.5. The zero-order valence-electron chi connectivity index (χ0n) is 12.9. The Bertz CT molecular complexity index is 693. The Labute approximate surface area is 131 Å². The van der Waals surface area contributed by atoms with E-state index < -0.39 is 0 Å². The molecule has 2 aromatic carbocycles. The fourth-order valence-electron chi connectivity index (χ4n) is 3.35. The highest BCUT2D eigenvalue weighted by Crippen LogP contribution is 2.42. The predicted molar refractivity (Wildman–Crippen MR) is 92.7 cm³/mol. The van der Waals surface area contributed by atoms with Crippen LogP contribution in [0.15, 0.2) is 59.6 Å². The quantitative estimate of drug-likeness (QED) is 0.839. The summed E-state index contributed by atoms with van der Waals surface area (Å²) in [6.45, 7) is 4.23. The highest BCUT2D eigenvalue weighted by atomic mass is 15.5. The summed E-state index contributed by atoms with van der Waals surface area (Å²) in [4.78, 5) is 9.81. The lowest BCUT2D eigenvalue weighted by Gasteiger charge is -2.18. The van der Waals surface area contributed by atoms with E-state index in [1.54, 1.807) is 0 Å². The summed E-state index contributed by atoms with van der Waals surface area (Å²) in [7, 11) is 0. The van der Waals surface area contributed by atoms with Gasteiger partial charge in [0.2, 0.25) is 5.96 Å². The topological polar surface area (TPSA) is 18.8 Å². The number of fused-ring (bicyclic) bond motifs is 3. The number of hydrogen-bond acceptors (Lipinski definition) is 3. The third kappa shape index (κ3) is 2.08. The molecule has 22 heavy (non-hydrogen) atoms. The van der Waals surface area contributed by atoms with E-state index in [2.05, 4.69) is 71.3 Å². The molecule has 3 nitrogen and oxygen atoms in total. The Balaban J connectivity index is 1.69. The maximum absolute atomic E-state index is 5.04. The van der Waals surface area contributed by atoms with Crippen molar-refractivity contribution in [3.63, 3.8) is 0 Å². The molecular weight excluding hydrogens is 270 g/mol. The zero-order chi connectivity index (χ0) is 14.9. The van der Waals surface area contributed by atoms with E-state index in [-0.39, 0.29) is 6.04 Å². The Hall–Kier alpha value is -2.29. The Morgan fingerprint density at radius 2 is 1.73 bits per heavy atom. The molecule has 0 radical (unpaired) electrons. The molecule has 0 fully saturated rings. The molecule has 0 aliphatic carbocycles. The van der Waals surface area contributed by atoms with Crippen molar-refractivity contribution in [3.05, 3.63) is 60.2 Å². The molecule has 2 aliphatic rings. The van der Waals surface area contributed by atoms with E-state index in [1.807, 2.05) is 0 Å². The lowest BCUT2D eigenvalue weighted by Crippen LogP contribution is -2.36. The summed E-state index contributed by atoms with van der Waals surface area (Å²) in [5, 5.41) is 0. The molecular formula is C19H21N3. The monoisotopic (exact) mass is 291 g/mol. The van der Waals surface area contributed by atoms with Crippen LogP contribution in [0.5, 0.6) is 0 Å². The van der Waals surface area contributed by atoms with Gasteiger partial charge in [0.15, 0.2) is 0 Å². The third-order valence-electron chi connectivity index (χ3n) is 4.49. The van der Waals surface area contributed by atoms with Gasteiger partial charge in [-0.2, -0.15) is 0 Å². The molecule has 0 N–H and O–H groups in total. The first kappa shape index (κ1) is 13.4. The SMILES string of the molecule is CCCCN1C2=N[C@H](c3ccccc3)CN2c2ccccc21. The number of anilines is 2. The molecule has 1 atom stereocenters. The number of nitrogens with zero attached hydrogens (tertiary/aromatic N) is 3. The van der Waals surface area contributed by atoms with Crippen LogP contribution < -0.4 is 9.80 Å². The molecule has 0 bridgehead atoms. The van der Waals surface area contributed by atoms with Crippen LogP contribution in [-0.4, -0.2) is 19.0 Å². The standard InChI is InChI=1S/C19H21N3/c1-2-3-13-21-17-11-7-8-12-18(17)22-14-16(20-19(21)22)15-9-5-4-6-10-15/h4-12,16H,2-3,13-14H2,1H3/t16-/m0/s1. The van der Waals surface area contributed by atoms with Crippen molar-refractivity contribution in [2.75, 3.05) is 22.9 Å². The van der Waals surface area contributed by atoms with Gasteiger partial charge in [-0.15, -0.1) is 0 Å². The van der Waals surface area contributed by atoms with Crippen LogP contribution in [0.1, 0.15) is 31.4 Å². The smallest absolute Gasteiger partial charge is 0.206 e. The van der Waals surface area contributed by atoms with E-state index >= 15 is 0 Å². The number of rotatable bonds is 4. The average Bonchev–Trinajstić information content (AvgIpc) is 3.12. The fourth-order valence-corrected chi connectivity index (χ4v) is 3.35. The predicted octanol–water partition coefficient (Wildman–Crippen LogP) is 4.22. The second-order valence-corrected chi connectivity index (χ2v) is 5.96. The second-order valence-electron chi connectivity index (χ2n) is 5.96. The number of guanidine groups is 1. The molecule has 0 amide bonds. The van der Waals surface area contributed by atoms with Crippen LogP contribution in [0.2, 0.25) is 0 Å². The molecule has 3 heteroatoms. The molecule has 0 aromatic heterocycles. The fraction of sp³-hybridized carbons (Fsp3) is 0.316. The first-order valence-corrected chi connectivity index (χ1v) is 8.15. The van der Waals surface area contributed by atoms with Crippen LogP contribution in [0.4, 0.5) is 11.4 Å². The molecule has 0 spiro atoms. The van der Waals surface area contributed by atoms with Crippen molar-refractivity contribution >= 4 is 17.3 Å². The van der Waals surface area contributed by atoms with E-state index in [1.165, 1.54) is 29.8 Å². The summed E-state index contributed by atoms with van der Waals surface area (Å²) in [6.07, 6.45) is 2.39. The molecule has 112 valence electrons. The maximum Gasteiger partial charge on any atom is 0.206 e. The van der Waals surface area contributed by atoms with Gasteiger partial charge in [-0.25, -0.2) is 4.99 Å². The van der Waals surface area contributed by atoms with E-state index in [4.69, 9.17) is 4.99 Å². The number of hydrogen-bond donors (Lipinski definition) is 0. The molecule has 2 aromatic rings. The van der Waals surface area contributed by atoms with Gasteiger partial charge in [-0.1, -0.05) is 55.8 Å². The zero-order valence-corrected chi connectivity index (χ0v) is 12.9. The van der Waals surface area contributed by atoms with Crippen molar-refractivity contribution < 1.29 is 0 Å². The Kier molecular flexibility index (Phi) is 3.34. The first-order valence-electron chi connectivity index (χ1n) is 8.15. The van der Waals surface area contributed by atoms with Crippen molar-refractivity contribution in [1.82, 2.24) is 0 Å². The highest BCUT2D eigenvalue weighted by molar-refractivity contribution is 6.17. The number of benzene rings is 2. The first-order chi connectivity index (χ1) is 10.9. The third-order valence-corrected chi connectivity index (χ3v) is 4.49. The van der Waals surface area contributed by atoms with Crippen LogP contribution >= 0.6 is 0 Å². The minimum Gasteiger partial charge on any atom is -0.310 e. The normalized spacial score (nSPS) is 19.1. The van der Waals surface area contributed by atoms with Crippen molar-refractivity contribution in [2.24, 2.45) is 4.99 Å². The van der Waals surface area contributed by atoms with E-state index in [9.17, 15) is 0 Å². The summed E-state index contributed by atoms with van der Waals surface area (Å²) < 4.78 is 0. The lowest BCUT2D eigenvalue weighted by atomic mass is 10.1.